The number of pyridine rings is 1. The lowest BCUT2D eigenvalue weighted by molar-refractivity contribution is 0.371. The maximum absolute atomic E-state index is 5.23. The second-order valence-corrected chi connectivity index (χ2v) is 6.13. The molecule has 1 fully saturated rings. The highest BCUT2D eigenvalue weighted by molar-refractivity contribution is 5.80. The van der Waals surface area contributed by atoms with Crippen molar-refractivity contribution in [1.82, 2.24) is 20.4 Å². The van der Waals surface area contributed by atoms with E-state index in [9.17, 15) is 0 Å². The lowest BCUT2D eigenvalue weighted by Gasteiger charge is -2.37. The van der Waals surface area contributed by atoms with Crippen LogP contribution in [-0.4, -0.2) is 53.7 Å². The van der Waals surface area contributed by atoms with Crippen LogP contribution in [0.15, 0.2) is 33.9 Å². The fourth-order valence-corrected chi connectivity index (χ4v) is 3.00. The van der Waals surface area contributed by atoms with Crippen LogP contribution in [0.3, 0.4) is 0 Å². The molecular weight excluding hydrogens is 316 g/mol. The minimum atomic E-state index is 0.587. The Morgan fingerprint density at radius 1 is 1.24 bits per heavy atom. The Bertz CT molecular complexity index is 684. The van der Waals surface area contributed by atoms with Gasteiger partial charge in [-0.15, -0.1) is 0 Å². The second kappa shape index (κ2) is 8.00. The van der Waals surface area contributed by atoms with Crippen molar-refractivity contribution in [3.05, 3.63) is 41.4 Å². The monoisotopic (exact) mass is 342 g/mol. The van der Waals surface area contributed by atoms with Gasteiger partial charge in [-0.05, 0) is 32.9 Å². The Kier molecular flexibility index (Phi) is 5.53. The van der Waals surface area contributed by atoms with Crippen molar-refractivity contribution in [2.24, 2.45) is 4.99 Å². The minimum absolute atomic E-state index is 0.587. The molecule has 0 radical (unpaired) electrons. The van der Waals surface area contributed by atoms with Gasteiger partial charge in [-0.1, -0.05) is 11.2 Å². The normalized spacial score (nSPS) is 15.6. The molecule has 25 heavy (non-hydrogen) atoms. The van der Waals surface area contributed by atoms with Crippen LogP contribution in [0.25, 0.3) is 0 Å². The zero-order chi connectivity index (χ0) is 17.6. The number of hydrogen-bond acceptors (Lipinski definition) is 5. The Morgan fingerprint density at radius 2 is 2.04 bits per heavy atom. The number of nitrogens with zero attached hydrogens (tertiary/aromatic N) is 5. The number of hydrogen-bond donors (Lipinski definition) is 1. The molecule has 0 atom stereocenters. The van der Waals surface area contributed by atoms with Gasteiger partial charge in [0.2, 0.25) is 0 Å². The Hall–Kier alpha value is -2.57. The molecule has 1 saturated heterocycles. The Balaban J connectivity index is 1.65. The van der Waals surface area contributed by atoms with Crippen molar-refractivity contribution >= 4 is 11.8 Å². The SMILES string of the molecule is CCNC(=NCc1c(C)noc1C)N1CCN(c2ccccn2)CC1. The number of rotatable bonds is 4. The summed E-state index contributed by atoms with van der Waals surface area (Å²) in [5, 5.41) is 7.40. The molecule has 1 aliphatic rings. The maximum atomic E-state index is 5.23. The summed E-state index contributed by atoms with van der Waals surface area (Å²) in [6.45, 7) is 11.1. The molecule has 0 spiro atoms. The first-order chi connectivity index (χ1) is 12.2. The number of guanidine groups is 1. The highest BCUT2D eigenvalue weighted by atomic mass is 16.5. The van der Waals surface area contributed by atoms with E-state index in [-0.39, 0.29) is 0 Å². The van der Waals surface area contributed by atoms with Gasteiger partial charge in [0, 0.05) is 44.5 Å². The molecule has 1 N–H and O–H groups in total. The third-order valence-corrected chi connectivity index (χ3v) is 4.46. The van der Waals surface area contributed by atoms with Crippen LogP contribution < -0.4 is 10.2 Å². The summed E-state index contributed by atoms with van der Waals surface area (Å²) in [5.41, 5.74) is 1.99. The van der Waals surface area contributed by atoms with E-state index in [2.05, 4.69) is 38.2 Å². The first-order valence-corrected chi connectivity index (χ1v) is 8.80. The Labute approximate surface area is 148 Å². The van der Waals surface area contributed by atoms with Crippen molar-refractivity contribution in [2.75, 3.05) is 37.6 Å². The summed E-state index contributed by atoms with van der Waals surface area (Å²) in [7, 11) is 0. The van der Waals surface area contributed by atoms with E-state index in [4.69, 9.17) is 9.52 Å². The van der Waals surface area contributed by atoms with E-state index in [1.165, 1.54) is 0 Å². The first-order valence-electron chi connectivity index (χ1n) is 8.80. The molecule has 0 unspecified atom stereocenters. The third kappa shape index (κ3) is 4.10. The van der Waals surface area contributed by atoms with Crippen LogP contribution in [0, 0.1) is 13.8 Å². The molecule has 2 aromatic heterocycles. The van der Waals surface area contributed by atoms with Crippen LogP contribution >= 0.6 is 0 Å². The lowest BCUT2D eigenvalue weighted by atomic mass is 10.2. The van der Waals surface area contributed by atoms with Crippen molar-refractivity contribution < 1.29 is 4.52 Å². The highest BCUT2D eigenvalue weighted by Gasteiger charge is 2.20. The molecule has 7 heteroatoms. The van der Waals surface area contributed by atoms with E-state index in [1.54, 1.807) is 0 Å². The predicted molar refractivity (Wildman–Crippen MR) is 98.8 cm³/mol. The van der Waals surface area contributed by atoms with Crippen LogP contribution in [0.4, 0.5) is 5.82 Å². The van der Waals surface area contributed by atoms with Crippen molar-refractivity contribution in [3.8, 4) is 0 Å². The first kappa shape index (κ1) is 17.3. The minimum Gasteiger partial charge on any atom is -0.361 e. The van der Waals surface area contributed by atoms with Crippen molar-refractivity contribution in [2.45, 2.75) is 27.3 Å². The molecule has 0 saturated carbocycles. The van der Waals surface area contributed by atoms with Crippen molar-refractivity contribution in [1.29, 1.82) is 0 Å². The van der Waals surface area contributed by atoms with Gasteiger partial charge in [-0.3, -0.25) is 0 Å². The molecule has 134 valence electrons. The molecule has 1 aliphatic heterocycles. The van der Waals surface area contributed by atoms with Crippen molar-refractivity contribution in [3.63, 3.8) is 0 Å². The van der Waals surface area contributed by atoms with Crippen LogP contribution in [0.2, 0.25) is 0 Å². The summed E-state index contributed by atoms with van der Waals surface area (Å²) in [4.78, 5) is 13.9. The fraction of sp³-hybridized carbons (Fsp3) is 0.500. The number of aryl methyl sites for hydroxylation is 2. The summed E-state index contributed by atoms with van der Waals surface area (Å²) >= 11 is 0. The smallest absolute Gasteiger partial charge is 0.194 e. The summed E-state index contributed by atoms with van der Waals surface area (Å²) < 4.78 is 5.23. The van der Waals surface area contributed by atoms with Gasteiger partial charge in [0.1, 0.15) is 11.6 Å². The van der Waals surface area contributed by atoms with Crippen LogP contribution in [-0.2, 0) is 6.54 Å². The average molecular weight is 342 g/mol. The number of nitrogens with one attached hydrogen (secondary N) is 1. The predicted octanol–water partition coefficient (Wildman–Crippen LogP) is 1.97. The van der Waals surface area contributed by atoms with Gasteiger partial charge in [0.15, 0.2) is 5.96 Å². The van der Waals surface area contributed by atoms with Crippen LogP contribution in [0.1, 0.15) is 23.9 Å². The fourth-order valence-electron chi connectivity index (χ4n) is 3.00. The molecule has 0 amide bonds. The molecule has 3 rings (SSSR count). The van der Waals surface area contributed by atoms with E-state index in [0.717, 1.165) is 61.5 Å². The van der Waals surface area contributed by atoms with Crippen LogP contribution in [0.5, 0.6) is 0 Å². The topological polar surface area (TPSA) is 69.8 Å². The van der Waals surface area contributed by atoms with Gasteiger partial charge in [-0.25, -0.2) is 9.98 Å². The van der Waals surface area contributed by atoms with E-state index >= 15 is 0 Å². The van der Waals surface area contributed by atoms with Gasteiger partial charge in [0.25, 0.3) is 0 Å². The van der Waals surface area contributed by atoms with E-state index in [0.29, 0.717) is 6.54 Å². The second-order valence-electron chi connectivity index (χ2n) is 6.13. The average Bonchev–Trinajstić information content (AvgIpc) is 2.98. The zero-order valence-corrected chi connectivity index (χ0v) is 15.2. The lowest BCUT2D eigenvalue weighted by Crippen LogP contribution is -2.52. The standard InChI is InChI=1S/C18H26N6O/c1-4-19-18(21-13-16-14(2)22-25-15(16)3)24-11-9-23(10-12-24)17-7-5-6-8-20-17/h5-8H,4,9-13H2,1-3H3,(H,19,21). The van der Waals surface area contributed by atoms with Gasteiger partial charge in [0.05, 0.1) is 12.2 Å². The van der Waals surface area contributed by atoms with E-state index < -0.39 is 0 Å². The summed E-state index contributed by atoms with van der Waals surface area (Å²) in [6, 6.07) is 6.04. The Morgan fingerprint density at radius 3 is 2.64 bits per heavy atom. The highest BCUT2D eigenvalue weighted by Crippen LogP contribution is 2.15. The number of piperazine rings is 1. The quantitative estimate of drug-likeness (QED) is 0.677. The molecular formula is C18H26N6O. The molecule has 7 nitrogen and oxygen atoms in total. The number of aromatic nitrogens is 2. The summed E-state index contributed by atoms with van der Waals surface area (Å²) in [5.74, 6) is 2.83. The molecule has 0 bridgehead atoms. The van der Waals surface area contributed by atoms with E-state index in [1.807, 2.05) is 32.2 Å². The van der Waals surface area contributed by atoms with Gasteiger partial charge in [-0.2, -0.15) is 0 Å². The molecule has 0 aromatic carbocycles. The zero-order valence-electron chi connectivity index (χ0n) is 15.2. The largest absolute Gasteiger partial charge is 0.361 e. The maximum Gasteiger partial charge on any atom is 0.194 e. The van der Waals surface area contributed by atoms with Gasteiger partial charge < -0.3 is 19.6 Å². The third-order valence-electron chi connectivity index (χ3n) is 4.46. The van der Waals surface area contributed by atoms with Gasteiger partial charge >= 0.3 is 0 Å². The molecule has 0 aliphatic carbocycles. The molecule has 2 aromatic rings. The molecule has 3 heterocycles. The summed E-state index contributed by atoms with van der Waals surface area (Å²) in [6.07, 6.45) is 1.84. The number of aliphatic imine (C=N–C) groups is 1. The number of anilines is 1.